The number of carbonyl (C=O) groups excluding carboxylic acids is 2. The highest BCUT2D eigenvalue weighted by molar-refractivity contribution is 6.30. The van der Waals surface area contributed by atoms with E-state index in [1.54, 1.807) is 37.3 Å². The minimum absolute atomic E-state index is 0.161. The number of esters is 2. The summed E-state index contributed by atoms with van der Waals surface area (Å²) in [4.78, 5) is 24.9. The highest BCUT2D eigenvalue weighted by atomic mass is 35.5. The number of ether oxygens (including phenoxy) is 4. The third-order valence-corrected chi connectivity index (χ3v) is 5.10. The number of halogens is 1. The summed E-state index contributed by atoms with van der Waals surface area (Å²) in [5.74, 6) is -1.62. The molecule has 31 heavy (non-hydrogen) atoms. The van der Waals surface area contributed by atoms with Gasteiger partial charge in [0.05, 0.1) is 7.11 Å². The van der Waals surface area contributed by atoms with Crippen LogP contribution in [0.2, 0.25) is 5.02 Å². The molecule has 2 aromatic rings. The molecule has 164 valence electrons. The Morgan fingerprint density at radius 2 is 1.71 bits per heavy atom. The van der Waals surface area contributed by atoms with Gasteiger partial charge in [0.1, 0.15) is 12.2 Å². The van der Waals surface area contributed by atoms with Crippen molar-refractivity contribution in [3.8, 4) is 11.5 Å². The lowest BCUT2D eigenvalue weighted by Gasteiger charge is -2.33. The zero-order chi connectivity index (χ0) is 22.4. The van der Waals surface area contributed by atoms with Gasteiger partial charge in [0, 0.05) is 18.4 Å². The fraction of sp³-hybridized carbons (Fsp3) is 0.333. The van der Waals surface area contributed by atoms with Crippen LogP contribution in [-0.2, 0) is 25.7 Å². The van der Waals surface area contributed by atoms with Crippen molar-refractivity contribution in [3.05, 3.63) is 64.2 Å². The fourth-order valence-electron chi connectivity index (χ4n) is 3.13. The first-order chi connectivity index (χ1) is 14.8. The Bertz CT molecular complexity index is 960. The third-order valence-electron chi connectivity index (χ3n) is 4.85. The summed E-state index contributed by atoms with van der Waals surface area (Å²) in [6.45, 7) is 3.95. The Balaban J connectivity index is 1.74. The normalized spacial score (nSPS) is 18.3. The first-order valence-electron chi connectivity index (χ1n) is 10.1. The molecule has 1 aliphatic rings. The third kappa shape index (κ3) is 5.79. The van der Waals surface area contributed by atoms with Crippen molar-refractivity contribution in [2.45, 2.75) is 45.5 Å². The Morgan fingerprint density at radius 3 is 2.32 bits per heavy atom. The molecule has 0 N–H and O–H groups in total. The largest absolute Gasteiger partial charge is 0.493 e. The van der Waals surface area contributed by atoms with E-state index in [1.165, 1.54) is 13.2 Å². The van der Waals surface area contributed by atoms with Gasteiger partial charge in [-0.2, -0.15) is 0 Å². The van der Waals surface area contributed by atoms with E-state index in [2.05, 4.69) is 0 Å². The van der Waals surface area contributed by atoms with Gasteiger partial charge in [0.15, 0.2) is 11.5 Å². The predicted octanol–water partition coefficient (Wildman–Crippen LogP) is 5.32. The summed E-state index contributed by atoms with van der Waals surface area (Å²) in [5.41, 5.74) is 1.37. The van der Waals surface area contributed by atoms with Gasteiger partial charge in [-0.05, 0) is 47.9 Å². The van der Waals surface area contributed by atoms with Gasteiger partial charge in [0.25, 0.3) is 5.79 Å². The van der Waals surface area contributed by atoms with Gasteiger partial charge >= 0.3 is 11.9 Å². The van der Waals surface area contributed by atoms with E-state index >= 15 is 0 Å². The number of hydrogen-bond acceptors (Lipinski definition) is 6. The molecular weight excluding hydrogens is 420 g/mol. The molecule has 0 aliphatic carbocycles. The number of carbonyl (C=O) groups is 2. The molecule has 6 nitrogen and oxygen atoms in total. The minimum Gasteiger partial charge on any atom is -0.493 e. The van der Waals surface area contributed by atoms with Crippen LogP contribution >= 0.6 is 11.6 Å². The molecule has 7 heteroatoms. The van der Waals surface area contributed by atoms with E-state index in [0.29, 0.717) is 35.1 Å². The highest BCUT2D eigenvalue weighted by Crippen LogP contribution is 2.32. The zero-order valence-corrected chi connectivity index (χ0v) is 18.5. The van der Waals surface area contributed by atoms with Gasteiger partial charge in [-0.15, -0.1) is 0 Å². The first-order valence-corrected chi connectivity index (χ1v) is 10.4. The van der Waals surface area contributed by atoms with Crippen LogP contribution in [0, 0.1) is 0 Å². The number of unbranched alkanes of at least 4 members (excludes halogenated alkanes) is 1. The molecule has 0 aromatic heterocycles. The van der Waals surface area contributed by atoms with E-state index < -0.39 is 17.7 Å². The van der Waals surface area contributed by atoms with Gasteiger partial charge < -0.3 is 18.9 Å². The van der Waals surface area contributed by atoms with Crippen molar-refractivity contribution in [3.63, 3.8) is 0 Å². The molecular formula is C24H25ClO6. The van der Waals surface area contributed by atoms with Crippen molar-refractivity contribution in [1.29, 1.82) is 0 Å². The quantitative estimate of drug-likeness (QED) is 0.312. The molecule has 0 spiro atoms. The van der Waals surface area contributed by atoms with Gasteiger partial charge in [-0.3, -0.25) is 0 Å². The number of benzene rings is 2. The van der Waals surface area contributed by atoms with E-state index in [1.807, 2.05) is 19.1 Å². The lowest BCUT2D eigenvalue weighted by molar-refractivity contribution is -0.230. The van der Waals surface area contributed by atoms with E-state index in [4.69, 9.17) is 30.5 Å². The van der Waals surface area contributed by atoms with Gasteiger partial charge in [-0.25, -0.2) is 9.59 Å². The Kier molecular flexibility index (Phi) is 7.23. The number of rotatable bonds is 8. The van der Waals surface area contributed by atoms with Crippen molar-refractivity contribution in [2.75, 3.05) is 7.11 Å². The molecule has 0 unspecified atom stereocenters. The summed E-state index contributed by atoms with van der Waals surface area (Å²) in [7, 11) is 1.52. The van der Waals surface area contributed by atoms with Crippen molar-refractivity contribution in [1.82, 2.24) is 0 Å². The van der Waals surface area contributed by atoms with Crippen LogP contribution in [0.25, 0.3) is 6.08 Å². The van der Waals surface area contributed by atoms with Gasteiger partial charge in [-0.1, -0.05) is 43.1 Å². The van der Waals surface area contributed by atoms with E-state index in [0.717, 1.165) is 18.4 Å². The SMILES string of the molecule is CCCCC1(C)OC(=O)C(=Cc2ccc(OCc3ccc(Cl)cc3)c(OC)c2)C(=O)O1. The molecule has 0 saturated carbocycles. The average molecular weight is 445 g/mol. The number of methoxy groups -OCH3 is 1. The molecule has 0 bridgehead atoms. The van der Waals surface area contributed by atoms with Gasteiger partial charge in [0.2, 0.25) is 0 Å². The Hall–Kier alpha value is -2.99. The molecule has 1 aliphatic heterocycles. The maximum absolute atomic E-state index is 12.4. The summed E-state index contributed by atoms with van der Waals surface area (Å²) in [5, 5.41) is 0.657. The highest BCUT2D eigenvalue weighted by Gasteiger charge is 2.41. The standard InChI is InChI=1S/C24H25ClO6/c1-4-5-12-24(2)30-22(26)19(23(27)31-24)13-17-8-11-20(21(14-17)28-3)29-15-16-6-9-18(25)10-7-16/h6-11,13-14H,4-5,12,15H2,1-3H3. The van der Waals surface area contributed by atoms with Crippen LogP contribution in [-0.4, -0.2) is 24.8 Å². The topological polar surface area (TPSA) is 71.1 Å². The summed E-state index contributed by atoms with van der Waals surface area (Å²) in [6, 6.07) is 12.5. The molecule has 1 saturated heterocycles. The maximum Gasteiger partial charge on any atom is 0.348 e. The zero-order valence-electron chi connectivity index (χ0n) is 17.8. The second-order valence-electron chi connectivity index (χ2n) is 7.40. The van der Waals surface area contributed by atoms with Crippen LogP contribution < -0.4 is 9.47 Å². The Labute approximate surface area is 186 Å². The van der Waals surface area contributed by atoms with Crippen LogP contribution in [0.15, 0.2) is 48.0 Å². The maximum atomic E-state index is 12.4. The monoisotopic (exact) mass is 444 g/mol. The van der Waals surface area contributed by atoms with Crippen LogP contribution in [0.1, 0.15) is 44.2 Å². The van der Waals surface area contributed by atoms with E-state index in [9.17, 15) is 9.59 Å². The van der Waals surface area contributed by atoms with Crippen LogP contribution in [0.3, 0.4) is 0 Å². The predicted molar refractivity (Wildman–Crippen MR) is 117 cm³/mol. The molecule has 0 amide bonds. The van der Waals surface area contributed by atoms with Crippen LogP contribution in [0.5, 0.6) is 11.5 Å². The molecule has 3 rings (SSSR count). The lowest BCUT2D eigenvalue weighted by Crippen LogP contribution is -2.44. The molecule has 1 fully saturated rings. The molecule has 0 radical (unpaired) electrons. The molecule has 0 atom stereocenters. The second-order valence-corrected chi connectivity index (χ2v) is 7.84. The number of cyclic esters (lactones) is 2. The average Bonchev–Trinajstić information content (AvgIpc) is 2.75. The minimum atomic E-state index is -1.22. The van der Waals surface area contributed by atoms with Crippen LogP contribution in [0.4, 0.5) is 0 Å². The fourth-order valence-corrected chi connectivity index (χ4v) is 3.25. The summed E-state index contributed by atoms with van der Waals surface area (Å²) in [6.07, 6.45) is 3.57. The lowest BCUT2D eigenvalue weighted by atomic mass is 10.1. The number of hydrogen-bond donors (Lipinski definition) is 0. The van der Waals surface area contributed by atoms with Crippen molar-refractivity contribution in [2.24, 2.45) is 0 Å². The Morgan fingerprint density at radius 1 is 1.03 bits per heavy atom. The molecule has 2 aromatic carbocycles. The molecule has 1 heterocycles. The van der Waals surface area contributed by atoms with Crippen molar-refractivity contribution < 1.29 is 28.5 Å². The first kappa shape index (κ1) is 22.7. The smallest absolute Gasteiger partial charge is 0.348 e. The summed E-state index contributed by atoms with van der Waals surface area (Å²) < 4.78 is 22.0. The second kappa shape index (κ2) is 9.88. The summed E-state index contributed by atoms with van der Waals surface area (Å²) >= 11 is 5.90. The van der Waals surface area contributed by atoms with E-state index in [-0.39, 0.29) is 5.57 Å². The van der Waals surface area contributed by atoms with Crippen molar-refractivity contribution >= 4 is 29.6 Å².